The summed E-state index contributed by atoms with van der Waals surface area (Å²) in [5.74, 6) is -0.171. The normalized spacial score (nSPS) is 19.3. The van der Waals surface area contributed by atoms with Crippen LogP contribution in [0, 0.1) is 5.92 Å². The zero-order valence-corrected chi connectivity index (χ0v) is 11.6. The van der Waals surface area contributed by atoms with Crippen LogP contribution in [0.3, 0.4) is 0 Å². The SMILES string of the molecule is NCC(c1ccc(Cl)cc1)N1CCC(C(N)=O)CC1. The maximum Gasteiger partial charge on any atom is 0.220 e. The second-order valence-electron chi connectivity index (χ2n) is 5.02. The molecule has 0 aromatic heterocycles. The fourth-order valence-electron chi connectivity index (χ4n) is 2.68. The van der Waals surface area contributed by atoms with Crippen molar-refractivity contribution in [2.75, 3.05) is 19.6 Å². The first kappa shape index (κ1) is 14.3. The summed E-state index contributed by atoms with van der Waals surface area (Å²) in [6.45, 7) is 2.28. The maximum absolute atomic E-state index is 11.2. The van der Waals surface area contributed by atoms with Crippen molar-refractivity contribution in [1.82, 2.24) is 4.90 Å². The Hall–Kier alpha value is -1.10. The van der Waals surface area contributed by atoms with E-state index in [1.165, 1.54) is 5.56 Å². The molecule has 1 aromatic rings. The van der Waals surface area contributed by atoms with Crippen LogP contribution in [0.2, 0.25) is 5.02 Å². The number of benzene rings is 1. The molecule has 0 radical (unpaired) electrons. The molecule has 0 aliphatic carbocycles. The molecule has 0 spiro atoms. The Kier molecular flexibility index (Phi) is 4.80. The number of carbonyl (C=O) groups is 1. The molecule has 1 aliphatic rings. The van der Waals surface area contributed by atoms with Crippen LogP contribution in [-0.2, 0) is 4.79 Å². The molecule has 0 saturated carbocycles. The Labute approximate surface area is 118 Å². The molecule has 1 atom stereocenters. The van der Waals surface area contributed by atoms with E-state index in [0.29, 0.717) is 6.54 Å². The summed E-state index contributed by atoms with van der Waals surface area (Å²) in [7, 11) is 0. The largest absolute Gasteiger partial charge is 0.369 e. The molecule has 1 heterocycles. The van der Waals surface area contributed by atoms with E-state index >= 15 is 0 Å². The summed E-state index contributed by atoms with van der Waals surface area (Å²) >= 11 is 5.90. The highest BCUT2D eigenvalue weighted by atomic mass is 35.5. The van der Waals surface area contributed by atoms with Gasteiger partial charge in [0.05, 0.1) is 0 Å². The predicted molar refractivity (Wildman–Crippen MR) is 76.7 cm³/mol. The predicted octanol–water partition coefficient (Wildman–Crippen LogP) is 1.54. The van der Waals surface area contributed by atoms with Gasteiger partial charge in [0.1, 0.15) is 0 Å². The first-order valence-electron chi connectivity index (χ1n) is 6.60. The second-order valence-corrected chi connectivity index (χ2v) is 5.45. The molecular formula is C14H20ClN3O. The third-order valence-electron chi connectivity index (χ3n) is 3.85. The third-order valence-corrected chi connectivity index (χ3v) is 4.10. The van der Waals surface area contributed by atoms with Crippen LogP contribution in [0.15, 0.2) is 24.3 Å². The smallest absolute Gasteiger partial charge is 0.220 e. The number of nitrogens with zero attached hydrogens (tertiary/aromatic N) is 1. The average Bonchev–Trinajstić information content (AvgIpc) is 2.42. The molecular weight excluding hydrogens is 262 g/mol. The number of piperidine rings is 1. The van der Waals surface area contributed by atoms with Gasteiger partial charge in [-0.25, -0.2) is 0 Å². The van der Waals surface area contributed by atoms with E-state index < -0.39 is 0 Å². The van der Waals surface area contributed by atoms with E-state index in [9.17, 15) is 4.79 Å². The first-order valence-corrected chi connectivity index (χ1v) is 6.98. The van der Waals surface area contributed by atoms with E-state index in [1.807, 2.05) is 24.3 Å². The lowest BCUT2D eigenvalue weighted by Crippen LogP contribution is -2.42. The number of halogens is 1. The minimum atomic E-state index is -0.185. The van der Waals surface area contributed by atoms with Gasteiger partial charge in [-0.05, 0) is 43.6 Å². The van der Waals surface area contributed by atoms with Crippen molar-refractivity contribution in [3.8, 4) is 0 Å². The van der Waals surface area contributed by atoms with Crippen molar-refractivity contribution in [3.63, 3.8) is 0 Å². The van der Waals surface area contributed by atoms with Crippen molar-refractivity contribution in [2.24, 2.45) is 17.4 Å². The second kappa shape index (κ2) is 6.37. The number of nitrogens with two attached hydrogens (primary N) is 2. The topological polar surface area (TPSA) is 72.3 Å². The number of amides is 1. The number of carbonyl (C=O) groups excluding carboxylic acids is 1. The molecule has 1 unspecified atom stereocenters. The average molecular weight is 282 g/mol. The highest BCUT2D eigenvalue weighted by Gasteiger charge is 2.27. The number of primary amides is 1. The molecule has 19 heavy (non-hydrogen) atoms. The van der Waals surface area contributed by atoms with Gasteiger partial charge in [-0.15, -0.1) is 0 Å². The summed E-state index contributed by atoms with van der Waals surface area (Å²) in [6.07, 6.45) is 1.64. The number of rotatable bonds is 4. The molecule has 1 aromatic carbocycles. The molecule has 0 bridgehead atoms. The quantitative estimate of drug-likeness (QED) is 0.879. The van der Waals surface area contributed by atoms with Crippen LogP contribution in [0.1, 0.15) is 24.4 Å². The van der Waals surface area contributed by atoms with Gasteiger partial charge in [0.2, 0.25) is 5.91 Å². The summed E-state index contributed by atoms with van der Waals surface area (Å²) in [5.41, 5.74) is 12.4. The van der Waals surface area contributed by atoms with Gasteiger partial charge in [-0.2, -0.15) is 0 Å². The van der Waals surface area contributed by atoms with Crippen molar-refractivity contribution in [2.45, 2.75) is 18.9 Å². The van der Waals surface area contributed by atoms with Crippen molar-refractivity contribution >= 4 is 17.5 Å². The van der Waals surface area contributed by atoms with E-state index in [0.717, 1.165) is 31.0 Å². The third kappa shape index (κ3) is 3.47. The number of hydrogen-bond acceptors (Lipinski definition) is 3. The molecule has 4 nitrogen and oxygen atoms in total. The van der Waals surface area contributed by atoms with Crippen LogP contribution >= 0.6 is 11.6 Å². The summed E-state index contributed by atoms with van der Waals surface area (Å²) in [6, 6.07) is 7.98. The lowest BCUT2D eigenvalue weighted by Gasteiger charge is -2.36. The summed E-state index contributed by atoms with van der Waals surface area (Å²) in [4.78, 5) is 13.5. The minimum Gasteiger partial charge on any atom is -0.369 e. The highest BCUT2D eigenvalue weighted by molar-refractivity contribution is 6.30. The standard InChI is InChI=1S/C14H20ClN3O/c15-12-3-1-10(2-4-12)13(9-16)18-7-5-11(6-8-18)14(17)19/h1-4,11,13H,5-9,16H2,(H2,17,19). The van der Waals surface area contributed by atoms with Gasteiger partial charge in [-0.3, -0.25) is 9.69 Å². The Morgan fingerprint density at radius 2 is 1.89 bits per heavy atom. The van der Waals surface area contributed by atoms with E-state index in [1.54, 1.807) is 0 Å². The summed E-state index contributed by atoms with van der Waals surface area (Å²) < 4.78 is 0. The molecule has 2 rings (SSSR count). The molecule has 1 fully saturated rings. The fraction of sp³-hybridized carbons (Fsp3) is 0.500. The van der Waals surface area contributed by atoms with Gasteiger partial charge in [0, 0.05) is 23.5 Å². The Bertz CT molecular complexity index is 427. The molecule has 1 amide bonds. The number of likely N-dealkylation sites (tertiary alicyclic amines) is 1. The zero-order chi connectivity index (χ0) is 13.8. The van der Waals surface area contributed by atoms with Crippen LogP contribution < -0.4 is 11.5 Å². The Balaban J connectivity index is 2.03. The van der Waals surface area contributed by atoms with Gasteiger partial charge in [0.25, 0.3) is 0 Å². The van der Waals surface area contributed by atoms with Crippen LogP contribution in [-0.4, -0.2) is 30.4 Å². The first-order chi connectivity index (χ1) is 9.11. The lowest BCUT2D eigenvalue weighted by molar-refractivity contribution is -0.123. The van der Waals surface area contributed by atoms with Crippen molar-refractivity contribution in [3.05, 3.63) is 34.9 Å². The summed E-state index contributed by atoms with van der Waals surface area (Å²) in [5, 5.41) is 0.729. The number of hydrogen-bond donors (Lipinski definition) is 2. The molecule has 5 heteroatoms. The highest BCUT2D eigenvalue weighted by Crippen LogP contribution is 2.26. The van der Waals surface area contributed by atoms with E-state index in [-0.39, 0.29) is 17.9 Å². The van der Waals surface area contributed by atoms with Crippen LogP contribution in [0.5, 0.6) is 0 Å². The van der Waals surface area contributed by atoms with E-state index in [2.05, 4.69) is 4.90 Å². The van der Waals surface area contributed by atoms with Gasteiger partial charge in [-0.1, -0.05) is 23.7 Å². The Morgan fingerprint density at radius 1 is 1.32 bits per heavy atom. The van der Waals surface area contributed by atoms with Gasteiger partial charge >= 0.3 is 0 Å². The minimum absolute atomic E-state index is 0.0138. The van der Waals surface area contributed by atoms with Crippen molar-refractivity contribution < 1.29 is 4.79 Å². The van der Waals surface area contributed by atoms with Gasteiger partial charge in [0.15, 0.2) is 0 Å². The van der Waals surface area contributed by atoms with E-state index in [4.69, 9.17) is 23.1 Å². The van der Waals surface area contributed by atoms with Crippen LogP contribution in [0.25, 0.3) is 0 Å². The molecule has 4 N–H and O–H groups in total. The van der Waals surface area contributed by atoms with Crippen LogP contribution in [0.4, 0.5) is 0 Å². The van der Waals surface area contributed by atoms with Gasteiger partial charge < -0.3 is 11.5 Å². The molecule has 104 valence electrons. The monoisotopic (exact) mass is 281 g/mol. The zero-order valence-electron chi connectivity index (χ0n) is 10.9. The van der Waals surface area contributed by atoms with Crippen molar-refractivity contribution in [1.29, 1.82) is 0 Å². The molecule has 1 saturated heterocycles. The fourth-order valence-corrected chi connectivity index (χ4v) is 2.80. The molecule has 1 aliphatic heterocycles. The Morgan fingerprint density at radius 3 is 2.37 bits per heavy atom. The maximum atomic E-state index is 11.2. The lowest BCUT2D eigenvalue weighted by atomic mass is 9.94.